The van der Waals surface area contributed by atoms with Crippen molar-refractivity contribution >= 4 is 29.5 Å². The van der Waals surface area contributed by atoms with Crippen molar-refractivity contribution in [3.05, 3.63) is 148 Å². The summed E-state index contributed by atoms with van der Waals surface area (Å²) in [4.78, 5) is 49.6. The monoisotopic (exact) mass is 735 g/mol. The standard InChI is InChI=1S/C38H23F6NO8/c1-20-5-2-7-24(15-20)51-26-9-4-10-27(19-26)52-25-8-3-6-23(18-25)45-32(46)30-16-21(11-13-28(30)33(47)48)36(37(39,40)41,38(42,43)44)22-12-14-29-31(17-22)35(50)53-34(29)49/h2-19H,1H3,(H,45,46)(H,47,48). The largest absolute Gasteiger partial charge is 0.478 e. The molecule has 5 aromatic carbocycles. The van der Waals surface area contributed by atoms with E-state index in [1.165, 1.54) is 24.3 Å². The fourth-order valence-corrected chi connectivity index (χ4v) is 5.84. The van der Waals surface area contributed by atoms with Crippen molar-refractivity contribution < 1.29 is 64.8 Å². The molecule has 0 spiro atoms. The Bertz CT molecular complexity index is 2290. The van der Waals surface area contributed by atoms with E-state index in [0.29, 0.717) is 35.4 Å². The lowest BCUT2D eigenvalue weighted by molar-refractivity contribution is -0.288. The molecule has 53 heavy (non-hydrogen) atoms. The number of esters is 2. The van der Waals surface area contributed by atoms with Gasteiger partial charge in [-0.1, -0.05) is 36.4 Å². The van der Waals surface area contributed by atoms with E-state index in [1.807, 2.05) is 25.1 Å². The summed E-state index contributed by atoms with van der Waals surface area (Å²) in [6, 6.07) is 21.5. The molecule has 2 N–H and O–H groups in total. The fourth-order valence-electron chi connectivity index (χ4n) is 5.84. The van der Waals surface area contributed by atoms with Crippen molar-refractivity contribution in [1.82, 2.24) is 0 Å². The molecule has 1 heterocycles. The Labute approximate surface area is 295 Å². The van der Waals surface area contributed by atoms with Crippen LogP contribution < -0.4 is 14.8 Å². The number of benzene rings is 5. The molecule has 0 unspecified atom stereocenters. The number of fused-ring (bicyclic) bond motifs is 1. The number of alkyl halides is 6. The van der Waals surface area contributed by atoms with Crippen LogP contribution in [0.5, 0.6) is 23.0 Å². The molecule has 9 nitrogen and oxygen atoms in total. The number of ether oxygens (including phenoxy) is 3. The van der Waals surface area contributed by atoms with Crippen LogP contribution in [-0.2, 0) is 10.2 Å². The molecule has 1 aliphatic rings. The zero-order chi connectivity index (χ0) is 38.3. The second-order valence-electron chi connectivity index (χ2n) is 11.7. The molecular formula is C38H23F6NO8. The van der Waals surface area contributed by atoms with Gasteiger partial charge in [0.2, 0.25) is 5.41 Å². The average molecular weight is 736 g/mol. The molecule has 0 aliphatic carbocycles. The quantitative estimate of drug-likeness (QED) is 0.0872. The number of aryl methyl sites for hydroxylation is 1. The predicted molar refractivity (Wildman–Crippen MR) is 175 cm³/mol. The topological polar surface area (TPSA) is 128 Å². The van der Waals surface area contributed by atoms with Gasteiger partial charge in [0.15, 0.2) is 0 Å². The first-order chi connectivity index (χ1) is 25.0. The van der Waals surface area contributed by atoms with Gasteiger partial charge < -0.3 is 24.6 Å². The Balaban J connectivity index is 1.34. The predicted octanol–water partition coefficient (Wildman–Crippen LogP) is 9.25. The first kappa shape index (κ1) is 36.2. The van der Waals surface area contributed by atoms with Crippen LogP contribution >= 0.6 is 0 Å². The molecule has 270 valence electrons. The number of carboxylic acid groups (broad SMARTS) is 1. The first-order valence-electron chi connectivity index (χ1n) is 15.3. The first-order valence-corrected chi connectivity index (χ1v) is 15.3. The number of carbonyl (C=O) groups is 4. The molecule has 0 saturated heterocycles. The van der Waals surface area contributed by atoms with Crippen molar-refractivity contribution in [2.45, 2.75) is 24.7 Å². The third-order valence-electron chi connectivity index (χ3n) is 8.21. The number of hydrogen-bond donors (Lipinski definition) is 2. The van der Waals surface area contributed by atoms with Crippen LogP contribution in [0.25, 0.3) is 0 Å². The summed E-state index contributed by atoms with van der Waals surface area (Å²) in [5, 5.41) is 12.1. The number of amides is 1. The highest BCUT2D eigenvalue weighted by Crippen LogP contribution is 2.56. The summed E-state index contributed by atoms with van der Waals surface area (Å²) in [7, 11) is 0. The lowest BCUT2D eigenvalue weighted by Gasteiger charge is -2.38. The van der Waals surface area contributed by atoms with E-state index in [0.717, 1.165) is 5.56 Å². The third kappa shape index (κ3) is 6.88. The average Bonchev–Trinajstić information content (AvgIpc) is 3.36. The van der Waals surface area contributed by atoms with Gasteiger partial charge in [-0.15, -0.1) is 0 Å². The van der Waals surface area contributed by atoms with Crippen LogP contribution in [0, 0.1) is 6.92 Å². The summed E-state index contributed by atoms with van der Waals surface area (Å²) in [6.07, 6.45) is -12.4. The van der Waals surface area contributed by atoms with E-state index in [1.54, 1.807) is 30.3 Å². The van der Waals surface area contributed by atoms with Gasteiger partial charge >= 0.3 is 30.3 Å². The Morgan fingerprint density at radius 3 is 1.75 bits per heavy atom. The van der Waals surface area contributed by atoms with Crippen molar-refractivity contribution in [3.63, 3.8) is 0 Å². The molecule has 0 saturated carbocycles. The Hall–Kier alpha value is -6.64. The minimum absolute atomic E-state index is 0.0545. The highest BCUT2D eigenvalue weighted by atomic mass is 19.4. The van der Waals surface area contributed by atoms with Crippen molar-refractivity contribution in [2.75, 3.05) is 5.32 Å². The number of halogens is 6. The molecule has 0 fully saturated rings. The number of hydrogen-bond acceptors (Lipinski definition) is 7. The molecule has 1 aliphatic heterocycles. The molecule has 0 radical (unpaired) electrons. The molecule has 0 aromatic heterocycles. The Morgan fingerprint density at radius 2 is 1.15 bits per heavy atom. The van der Waals surface area contributed by atoms with E-state index < -0.39 is 75.0 Å². The van der Waals surface area contributed by atoms with Crippen LogP contribution in [0.3, 0.4) is 0 Å². The Kier molecular flexibility index (Phi) is 9.20. The Morgan fingerprint density at radius 1 is 0.623 bits per heavy atom. The number of carbonyl (C=O) groups excluding carboxylic acids is 3. The third-order valence-corrected chi connectivity index (χ3v) is 8.21. The maximum absolute atomic E-state index is 14.9. The van der Waals surface area contributed by atoms with Gasteiger partial charge in [0.25, 0.3) is 5.91 Å². The smallest absolute Gasteiger partial charge is 0.411 e. The van der Waals surface area contributed by atoms with E-state index in [4.69, 9.17) is 9.47 Å². The number of rotatable bonds is 9. The van der Waals surface area contributed by atoms with Crippen LogP contribution in [-0.4, -0.2) is 41.3 Å². The summed E-state index contributed by atoms with van der Waals surface area (Å²) < 4.78 is 106. The zero-order valence-corrected chi connectivity index (χ0v) is 27.0. The minimum atomic E-state index is -6.18. The molecule has 0 atom stereocenters. The van der Waals surface area contributed by atoms with Crippen LogP contribution in [0.1, 0.15) is 58.1 Å². The lowest BCUT2D eigenvalue weighted by Crippen LogP contribution is -2.55. The number of carboxylic acids is 1. The van der Waals surface area contributed by atoms with Gasteiger partial charge in [0, 0.05) is 17.8 Å². The van der Waals surface area contributed by atoms with E-state index in [-0.39, 0.29) is 29.6 Å². The summed E-state index contributed by atoms with van der Waals surface area (Å²) in [6.45, 7) is 1.90. The van der Waals surface area contributed by atoms with Gasteiger partial charge in [-0.2, -0.15) is 26.3 Å². The second-order valence-corrected chi connectivity index (χ2v) is 11.7. The highest BCUT2D eigenvalue weighted by molar-refractivity contribution is 6.15. The fraction of sp³-hybridized carbons (Fsp3) is 0.105. The lowest BCUT2D eigenvalue weighted by atomic mass is 9.71. The summed E-state index contributed by atoms with van der Waals surface area (Å²) >= 11 is 0. The van der Waals surface area contributed by atoms with Crippen LogP contribution in [0.15, 0.2) is 109 Å². The van der Waals surface area contributed by atoms with Gasteiger partial charge in [0.05, 0.1) is 22.3 Å². The van der Waals surface area contributed by atoms with Crippen LogP contribution in [0.4, 0.5) is 32.0 Å². The van der Waals surface area contributed by atoms with Crippen LogP contribution in [0.2, 0.25) is 0 Å². The van der Waals surface area contributed by atoms with E-state index >= 15 is 0 Å². The second kappa shape index (κ2) is 13.5. The normalized spacial score (nSPS) is 12.9. The molecule has 5 aromatic rings. The molecule has 6 rings (SSSR count). The van der Waals surface area contributed by atoms with Gasteiger partial charge in [-0.3, -0.25) is 4.79 Å². The van der Waals surface area contributed by atoms with E-state index in [9.17, 15) is 50.6 Å². The van der Waals surface area contributed by atoms with Gasteiger partial charge in [-0.05, 0) is 84.3 Å². The van der Waals surface area contributed by atoms with Gasteiger partial charge in [-0.25, -0.2) is 14.4 Å². The van der Waals surface area contributed by atoms with Gasteiger partial charge in [0.1, 0.15) is 23.0 Å². The van der Waals surface area contributed by atoms with E-state index in [2.05, 4.69) is 10.1 Å². The van der Waals surface area contributed by atoms with Crippen molar-refractivity contribution in [2.24, 2.45) is 0 Å². The number of anilines is 1. The summed E-state index contributed by atoms with van der Waals surface area (Å²) in [5.41, 5.74) is -10.4. The number of nitrogens with one attached hydrogen (secondary N) is 1. The molecule has 15 heteroatoms. The van der Waals surface area contributed by atoms with Crippen molar-refractivity contribution in [3.8, 4) is 23.0 Å². The van der Waals surface area contributed by atoms with Crippen molar-refractivity contribution in [1.29, 1.82) is 0 Å². The number of aromatic carboxylic acids is 1. The maximum atomic E-state index is 14.9. The number of cyclic esters (lactones) is 2. The summed E-state index contributed by atoms with van der Waals surface area (Å²) in [5.74, 6) is -4.45. The maximum Gasteiger partial charge on any atom is 0.411 e. The molecule has 0 bridgehead atoms. The molecular weight excluding hydrogens is 712 g/mol. The molecule has 1 amide bonds. The SMILES string of the molecule is Cc1cccc(Oc2cccc(Oc3cccc(NC(=O)c4cc(C(c5ccc6c(c5)C(=O)OC6=O)(C(F)(F)F)C(F)(F)F)ccc4C(=O)O)c3)c2)c1. The minimum Gasteiger partial charge on any atom is -0.478 e. The zero-order valence-electron chi connectivity index (χ0n) is 27.0. The highest BCUT2D eigenvalue weighted by Gasteiger charge is 2.72.